The molecule has 0 spiro atoms. The molecule has 108 valence electrons. The van der Waals surface area contributed by atoms with Crippen molar-refractivity contribution < 1.29 is 14.0 Å². The summed E-state index contributed by atoms with van der Waals surface area (Å²) in [5.74, 6) is -0.644. The minimum atomic E-state index is -0.521. The molecule has 0 radical (unpaired) electrons. The molecule has 1 aliphatic heterocycles. The first kappa shape index (κ1) is 14.5. The zero-order valence-electron chi connectivity index (χ0n) is 11.9. The van der Waals surface area contributed by atoms with Crippen molar-refractivity contribution in [3.63, 3.8) is 0 Å². The molecule has 1 aromatic rings. The third-order valence-electron chi connectivity index (χ3n) is 3.12. The Morgan fingerprint density at radius 3 is 2.45 bits per heavy atom. The predicted molar refractivity (Wildman–Crippen MR) is 74.8 cm³/mol. The Morgan fingerprint density at radius 2 is 1.90 bits per heavy atom. The van der Waals surface area contributed by atoms with Crippen LogP contribution < -0.4 is 10.2 Å². The Bertz CT molecular complexity index is 520. The lowest BCUT2D eigenvalue weighted by molar-refractivity contribution is -0.125. The Morgan fingerprint density at radius 1 is 1.30 bits per heavy atom. The van der Waals surface area contributed by atoms with Crippen LogP contribution in [0.2, 0.25) is 0 Å². The first-order chi connectivity index (χ1) is 9.28. The minimum Gasteiger partial charge on any atom is -0.350 e. The Labute approximate surface area is 118 Å². The van der Waals surface area contributed by atoms with Gasteiger partial charge in [-0.2, -0.15) is 0 Å². The number of rotatable bonds is 2. The van der Waals surface area contributed by atoms with Gasteiger partial charge in [-0.25, -0.2) is 4.39 Å². The first-order valence-corrected chi connectivity index (χ1v) is 6.67. The van der Waals surface area contributed by atoms with Crippen molar-refractivity contribution in [3.8, 4) is 0 Å². The molecular weight excluding hydrogens is 259 g/mol. The highest BCUT2D eigenvalue weighted by Crippen LogP contribution is 2.27. The molecule has 20 heavy (non-hydrogen) atoms. The summed E-state index contributed by atoms with van der Waals surface area (Å²) in [6.07, 6.45) is 0.817. The van der Waals surface area contributed by atoms with E-state index < -0.39 is 6.04 Å². The summed E-state index contributed by atoms with van der Waals surface area (Å²) >= 11 is 0. The fourth-order valence-corrected chi connectivity index (χ4v) is 2.31. The number of hydrogen-bond acceptors (Lipinski definition) is 2. The minimum absolute atomic E-state index is 0.106. The van der Waals surface area contributed by atoms with Crippen LogP contribution in [0.15, 0.2) is 24.3 Å². The van der Waals surface area contributed by atoms with Crippen molar-refractivity contribution in [2.75, 3.05) is 4.90 Å². The van der Waals surface area contributed by atoms with E-state index >= 15 is 0 Å². The van der Waals surface area contributed by atoms with E-state index in [2.05, 4.69) is 5.32 Å². The fraction of sp³-hybridized carbons (Fsp3) is 0.467. The molecule has 4 nitrogen and oxygen atoms in total. The molecule has 1 aromatic carbocycles. The molecule has 0 saturated carbocycles. The highest BCUT2D eigenvalue weighted by molar-refractivity contribution is 6.03. The second kappa shape index (κ2) is 5.23. The summed E-state index contributed by atoms with van der Waals surface area (Å²) in [6, 6.07) is 5.11. The highest BCUT2D eigenvalue weighted by atomic mass is 19.1. The van der Waals surface area contributed by atoms with Gasteiger partial charge in [-0.15, -0.1) is 0 Å². The summed E-state index contributed by atoms with van der Waals surface area (Å²) in [4.78, 5) is 25.7. The molecule has 2 amide bonds. The maximum absolute atomic E-state index is 13.0. The standard InChI is InChI=1S/C15H19FN2O2/c1-15(2,3)17-14(20)12-8-9-13(19)18(12)11-6-4-10(16)5-7-11/h4-7,12H,8-9H2,1-3H3,(H,17,20). The monoisotopic (exact) mass is 278 g/mol. The Kier molecular flexibility index (Phi) is 3.79. The molecule has 0 aliphatic carbocycles. The number of halogens is 1. The lowest BCUT2D eigenvalue weighted by atomic mass is 10.1. The molecule has 5 heteroatoms. The van der Waals surface area contributed by atoms with E-state index in [0.717, 1.165) is 0 Å². The van der Waals surface area contributed by atoms with Gasteiger partial charge in [0.1, 0.15) is 11.9 Å². The second-order valence-electron chi connectivity index (χ2n) is 6.03. The van der Waals surface area contributed by atoms with Gasteiger partial charge in [-0.3, -0.25) is 14.5 Å². The molecule has 1 heterocycles. The quantitative estimate of drug-likeness (QED) is 0.902. The van der Waals surface area contributed by atoms with Crippen LogP contribution in [-0.2, 0) is 9.59 Å². The maximum atomic E-state index is 13.0. The molecule has 0 aromatic heterocycles. The SMILES string of the molecule is CC(C)(C)NC(=O)C1CCC(=O)N1c1ccc(F)cc1. The normalized spacial score (nSPS) is 19.3. The van der Waals surface area contributed by atoms with Crippen LogP contribution in [-0.4, -0.2) is 23.4 Å². The summed E-state index contributed by atoms with van der Waals surface area (Å²) in [5.41, 5.74) is 0.208. The topological polar surface area (TPSA) is 49.4 Å². The molecule has 1 N–H and O–H groups in total. The molecule has 1 fully saturated rings. The van der Waals surface area contributed by atoms with Gasteiger partial charge in [0.2, 0.25) is 11.8 Å². The van der Waals surface area contributed by atoms with Crippen molar-refractivity contribution in [1.29, 1.82) is 0 Å². The molecule has 1 aliphatic rings. The van der Waals surface area contributed by atoms with Crippen molar-refractivity contribution >= 4 is 17.5 Å². The summed E-state index contributed by atoms with van der Waals surface area (Å²) in [5, 5.41) is 2.89. The summed E-state index contributed by atoms with van der Waals surface area (Å²) in [7, 11) is 0. The van der Waals surface area contributed by atoms with E-state index in [-0.39, 0.29) is 23.2 Å². The zero-order chi connectivity index (χ0) is 14.9. The van der Waals surface area contributed by atoms with Crippen molar-refractivity contribution in [2.45, 2.75) is 45.2 Å². The van der Waals surface area contributed by atoms with E-state index in [9.17, 15) is 14.0 Å². The second-order valence-corrected chi connectivity index (χ2v) is 6.03. The van der Waals surface area contributed by atoms with E-state index in [4.69, 9.17) is 0 Å². The average Bonchev–Trinajstić information content (AvgIpc) is 2.70. The maximum Gasteiger partial charge on any atom is 0.243 e. The van der Waals surface area contributed by atoms with Gasteiger partial charge < -0.3 is 5.32 Å². The van der Waals surface area contributed by atoms with Crippen LogP contribution in [0, 0.1) is 5.82 Å². The molecule has 0 bridgehead atoms. The lowest BCUT2D eigenvalue weighted by Crippen LogP contribution is -2.50. The number of nitrogens with zero attached hydrogens (tertiary/aromatic N) is 1. The largest absolute Gasteiger partial charge is 0.350 e. The number of carbonyl (C=O) groups is 2. The van der Waals surface area contributed by atoms with Gasteiger partial charge >= 0.3 is 0 Å². The molecule has 1 atom stereocenters. The highest BCUT2D eigenvalue weighted by Gasteiger charge is 2.38. The number of carbonyl (C=O) groups excluding carboxylic acids is 2. The van der Waals surface area contributed by atoms with Crippen LogP contribution in [0.25, 0.3) is 0 Å². The number of hydrogen-bond donors (Lipinski definition) is 1. The average molecular weight is 278 g/mol. The van der Waals surface area contributed by atoms with Gasteiger partial charge in [0.25, 0.3) is 0 Å². The Balaban J connectivity index is 2.23. The summed E-state index contributed by atoms with van der Waals surface area (Å²) in [6.45, 7) is 5.68. The van der Waals surface area contributed by atoms with Crippen LogP contribution in [0.3, 0.4) is 0 Å². The third-order valence-corrected chi connectivity index (χ3v) is 3.12. The Hall–Kier alpha value is -1.91. The summed E-state index contributed by atoms with van der Waals surface area (Å²) < 4.78 is 13.0. The fourth-order valence-electron chi connectivity index (χ4n) is 2.31. The van der Waals surface area contributed by atoms with Crippen LogP contribution in [0.4, 0.5) is 10.1 Å². The number of nitrogens with one attached hydrogen (secondary N) is 1. The van der Waals surface area contributed by atoms with Crippen LogP contribution >= 0.6 is 0 Å². The number of amides is 2. The molecule has 2 rings (SSSR count). The van der Waals surface area contributed by atoms with Gasteiger partial charge in [0.15, 0.2) is 0 Å². The van der Waals surface area contributed by atoms with Gasteiger partial charge in [-0.1, -0.05) is 0 Å². The predicted octanol–water partition coefficient (Wildman–Crippen LogP) is 2.24. The number of benzene rings is 1. The first-order valence-electron chi connectivity index (χ1n) is 6.67. The third kappa shape index (κ3) is 3.15. The molecule has 1 unspecified atom stereocenters. The van der Waals surface area contributed by atoms with Crippen LogP contribution in [0.5, 0.6) is 0 Å². The smallest absolute Gasteiger partial charge is 0.243 e. The van der Waals surface area contributed by atoms with Gasteiger partial charge in [0, 0.05) is 17.6 Å². The van der Waals surface area contributed by atoms with Gasteiger partial charge in [0.05, 0.1) is 0 Å². The number of anilines is 1. The van der Waals surface area contributed by atoms with E-state index in [1.54, 1.807) is 0 Å². The van der Waals surface area contributed by atoms with Crippen LogP contribution in [0.1, 0.15) is 33.6 Å². The molecular formula is C15H19FN2O2. The van der Waals surface area contributed by atoms with Crippen molar-refractivity contribution in [3.05, 3.63) is 30.1 Å². The molecule has 1 saturated heterocycles. The van der Waals surface area contributed by atoms with E-state index in [1.165, 1.54) is 29.2 Å². The van der Waals surface area contributed by atoms with Gasteiger partial charge in [-0.05, 0) is 51.5 Å². The van der Waals surface area contributed by atoms with E-state index in [1.807, 2.05) is 20.8 Å². The van der Waals surface area contributed by atoms with E-state index in [0.29, 0.717) is 18.5 Å². The lowest BCUT2D eigenvalue weighted by Gasteiger charge is -2.28. The zero-order valence-corrected chi connectivity index (χ0v) is 11.9. The van der Waals surface area contributed by atoms with Crippen molar-refractivity contribution in [1.82, 2.24) is 5.32 Å². The van der Waals surface area contributed by atoms with Crippen molar-refractivity contribution in [2.24, 2.45) is 0 Å².